The van der Waals surface area contributed by atoms with Crippen LogP contribution in [0.3, 0.4) is 0 Å². The van der Waals surface area contributed by atoms with Crippen molar-refractivity contribution in [2.24, 2.45) is 0 Å². The predicted molar refractivity (Wildman–Crippen MR) is 73.4 cm³/mol. The highest BCUT2D eigenvalue weighted by Crippen LogP contribution is 2.09. The molecule has 0 aromatic heterocycles. The van der Waals surface area contributed by atoms with Crippen molar-refractivity contribution in [3.63, 3.8) is 0 Å². The van der Waals surface area contributed by atoms with E-state index in [1.165, 1.54) is 24.3 Å². The van der Waals surface area contributed by atoms with E-state index in [1.54, 1.807) is 6.92 Å². The molecule has 1 aromatic rings. The Morgan fingerprint density at radius 2 is 1.95 bits per heavy atom. The van der Waals surface area contributed by atoms with Gasteiger partial charge in [0.25, 0.3) is 0 Å². The summed E-state index contributed by atoms with van der Waals surface area (Å²) in [5.41, 5.74) is 0.586. The average molecular weight is 268 g/mol. The quantitative estimate of drug-likeness (QED) is 0.708. The lowest BCUT2D eigenvalue weighted by Gasteiger charge is -2.14. The first kappa shape index (κ1) is 15.6. The summed E-state index contributed by atoms with van der Waals surface area (Å²) >= 11 is 0. The third-order valence-corrected chi connectivity index (χ3v) is 2.67. The van der Waals surface area contributed by atoms with Crippen molar-refractivity contribution in [2.75, 3.05) is 11.9 Å². The minimum absolute atomic E-state index is 0.0270. The van der Waals surface area contributed by atoms with Crippen LogP contribution in [0.1, 0.15) is 26.7 Å². The van der Waals surface area contributed by atoms with Crippen LogP contribution in [0.5, 0.6) is 0 Å². The van der Waals surface area contributed by atoms with Gasteiger partial charge >= 0.3 is 0 Å². The molecule has 0 heterocycles. The van der Waals surface area contributed by atoms with Crippen molar-refractivity contribution in [1.82, 2.24) is 5.32 Å². The lowest BCUT2D eigenvalue weighted by atomic mass is 10.2. The van der Waals surface area contributed by atoms with Crippen LogP contribution in [0.25, 0.3) is 0 Å². The largest absolute Gasteiger partial charge is 0.393 e. The SMILES string of the molecule is CC(O)CCNC(C)CC(=O)Nc1ccc(F)cc1. The maximum atomic E-state index is 12.7. The molecule has 2 unspecified atom stereocenters. The second kappa shape index (κ2) is 7.86. The van der Waals surface area contributed by atoms with Crippen LogP contribution in [-0.4, -0.2) is 29.7 Å². The van der Waals surface area contributed by atoms with Crippen molar-refractivity contribution >= 4 is 11.6 Å². The lowest BCUT2D eigenvalue weighted by Crippen LogP contribution is -2.32. The number of benzene rings is 1. The van der Waals surface area contributed by atoms with E-state index in [4.69, 9.17) is 5.11 Å². The average Bonchev–Trinajstić information content (AvgIpc) is 2.31. The van der Waals surface area contributed by atoms with E-state index in [2.05, 4.69) is 10.6 Å². The molecule has 1 rings (SSSR count). The van der Waals surface area contributed by atoms with E-state index in [0.717, 1.165) is 0 Å². The van der Waals surface area contributed by atoms with Gasteiger partial charge in [-0.1, -0.05) is 0 Å². The van der Waals surface area contributed by atoms with Gasteiger partial charge in [0.2, 0.25) is 5.91 Å². The maximum absolute atomic E-state index is 12.7. The molecule has 2 atom stereocenters. The number of carbonyl (C=O) groups excluding carboxylic acids is 1. The van der Waals surface area contributed by atoms with E-state index < -0.39 is 0 Å². The van der Waals surface area contributed by atoms with Crippen molar-refractivity contribution < 1.29 is 14.3 Å². The number of aliphatic hydroxyl groups excluding tert-OH is 1. The Morgan fingerprint density at radius 3 is 2.53 bits per heavy atom. The molecule has 0 fully saturated rings. The lowest BCUT2D eigenvalue weighted by molar-refractivity contribution is -0.116. The van der Waals surface area contributed by atoms with Gasteiger partial charge in [-0.05, 0) is 51.1 Å². The molecule has 4 nitrogen and oxygen atoms in total. The Morgan fingerprint density at radius 1 is 1.32 bits per heavy atom. The smallest absolute Gasteiger partial charge is 0.225 e. The van der Waals surface area contributed by atoms with Crippen LogP contribution < -0.4 is 10.6 Å². The molecule has 0 saturated carbocycles. The van der Waals surface area contributed by atoms with Gasteiger partial charge < -0.3 is 15.7 Å². The van der Waals surface area contributed by atoms with Gasteiger partial charge in [0.15, 0.2) is 0 Å². The number of hydrogen-bond donors (Lipinski definition) is 3. The number of anilines is 1. The number of halogens is 1. The molecular formula is C14H21FN2O2. The molecule has 0 aliphatic carbocycles. The molecular weight excluding hydrogens is 247 g/mol. The van der Waals surface area contributed by atoms with E-state index in [0.29, 0.717) is 25.1 Å². The highest BCUT2D eigenvalue weighted by molar-refractivity contribution is 5.90. The summed E-state index contributed by atoms with van der Waals surface area (Å²) in [4.78, 5) is 11.7. The molecule has 5 heteroatoms. The standard InChI is InChI=1S/C14H21FN2O2/c1-10(16-8-7-11(2)18)9-14(19)17-13-5-3-12(15)4-6-13/h3-6,10-11,16,18H,7-9H2,1-2H3,(H,17,19). The van der Waals surface area contributed by atoms with Gasteiger partial charge in [-0.15, -0.1) is 0 Å². The zero-order chi connectivity index (χ0) is 14.3. The monoisotopic (exact) mass is 268 g/mol. The zero-order valence-corrected chi connectivity index (χ0v) is 11.3. The first-order valence-electron chi connectivity index (χ1n) is 6.44. The fourth-order valence-corrected chi connectivity index (χ4v) is 1.63. The molecule has 0 aliphatic heterocycles. The van der Waals surface area contributed by atoms with E-state index in [9.17, 15) is 9.18 Å². The van der Waals surface area contributed by atoms with Crippen LogP contribution in [0.4, 0.5) is 10.1 Å². The van der Waals surface area contributed by atoms with Crippen LogP contribution in [0.15, 0.2) is 24.3 Å². The molecule has 0 bridgehead atoms. The van der Waals surface area contributed by atoms with Crippen LogP contribution in [0, 0.1) is 5.82 Å². The molecule has 1 amide bonds. The Hall–Kier alpha value is -1.46. The van der Waals surface area contributed by atoms with Crippen LogP contribution in [-0.2, 0) is 4.79 Å². The third-order valence-electron chi connectivity index (χ3n) is 2.67. The number of carbonyl (C=O) groups is 1. The summed E-state index contributed by atoms with van der Waals surface area (Å²) in [5, 5.41) is 15.0. The third kappa shape index (κ3) is 6.88. The van der Waals surface area contributed by atoms with Crippen molar-refractivity contribution in [1.29, 1.82) is 0 Å². The van der Waals surface area contributed by atoms with Crippen molar-refractivity contribution in [3.8, 4) is 0 Å². The molecule has 0 aliphatic rings. The van der Waals surface area contributed by atoms with Gasteiger partial charge in [-0.2, -0.15) is 0 Å². The second-order valence-corrected chi connectivity index (χ2v) is 4.75. The molecule has 106 valence electrons. The maximum Gasteiger partial charge on any atom is 0.225 e. The number of hydrogen-bond acceptors (Lipinski definition) is 3. The van der Waals surface area contributed by atoms with E-state index in [-0.39, 0.29) is 23.9 Å². The number of amides is 1. The predicted octanol–water partition coefficient (Wildman–Crippen LogP) is 1.90. The van der Waals surface area contributed by atoms with Crippen molar-refractivity contribution in [3.05, 3.63) is 30.1 Å². The normalized spacial score (nSPS) is 13.9. The van der Waals surface area contributed by atoms with Crippen LogP contribution >= 0.6 is 0 Å². The first-order valence-corrected chi connectivity index (χ1v) is 6.44. The number of nitrogens with one attached hydrogen (secondary N) is 2. The molecule has 3 N–H and O–H groups in total. The fraction of sp³-hybridized carbons (Fsp3) is 0.500. The summed E-state index contributed by atoms with van der Waals surface area (Å²) in [6, 6.07) is 5.69. The highest BCUT2D eigenvalue weighted by Gasteiger charge is 2.09. The number of rotatable bonds is 7. The second-order valence-electron chi connectivity index (χ2n) is 4.75. The zero-order valence-electron chi connectivity index (χ0n) is 11.3. The van der Waals surface area contributed by atoms with E-state index in [1.807, 2.05) is 6.92 Å². The topological polar surface area (TPSA) is 61.4 Å². The number of aliphatic hydroxyl groups is 1. The van der Waals surface area contributed by atoms with Gasteiger partial charge in [0.05, 0.1) is 6.10 Å². The first-order chi connectivity index (χ1) is 8.97. The summed E-state index contributed by atoms with van der Waals surface area (Å²) in [7, 11) is 0. The van der Waals surface area contributed by atoms with Crippen LogP contribution in [0.2, 0.25) is 0 Å². The summed E-state index contributed by atoms with van der Waals surface area (Å²) in [6.45, 7) is 4.31. The van der Waals surface area contributed by atoms with Gasteiger partial charge in [0.1, 0.15) is 5.82 Å². The Labute approximate surface area is 113 Å². The highest BCUT2D eigenvalue weighted by atomic mass is 19.1. The summed E-state index contributed by atoms with van der Waals surface area (Å²) in [6.07, 6.45) is 0.647. The fourth-order valence-electron chi connectivity index (χ4n) is 1.63. The minimum Gasteiger partial charge on any atom is -0.393 e. The Bertz CT molecular complexity index is 393. The van der Waals surface area contributed by atoms with Crippen molar-refractivity contribution in [2.45, 2.75) is 38.8 Å². The Balaban J connectivity index is 2.28. The van der Waals surface area contributed by atoms with E-state index >= 15 is 0 Å². The molecule has 0 spiro atoms. The van der Waals surface area contributed by atoms with Gasteiger partial charge in [-0.3, -0.25) is 4.79 Å². The summed E-state index contributed by atoms with van der Waals surface area (Å²) < 4.78 is 12.7. The van der Waals surface area contributed by atoms with Gasteiger partial charge in [-0.25, -0.2) is 4.39 Å². The molecule has 1 aromatic carbocycles. The minimum atomic E-state index is -0.340. The summed E-state index contributed by atoms with van der Waals surface area (Å²) in [5.74, 6) is -0.449. The van der Waals surface area contributed by atoms with Gasteiger partial charge in [0, 0.05) is 18.2 Å². The Kier molecular flexibility index (Phi) is 6.45. The molecule has 0 radical (unpaired) electrons. The molecule has 19 heavy (non-hydrogen) atoms. The molecule has 0 saturated heterocycles.